The number of hydrogen-bond donors (Lipinski definition) is 4. The van der Waals surface area contributed by atoms with Crippen molar-refractivity contribution in [2.24, 2.45) is 0 Å². The first-order valence-electron chi connectivity index (χ1n) is 7.89. The fourth-order valence-corrected chi connectivity index (χ4v) is 2.78. The highest BCUT2D eigenvalue weighted by atomic mass is 32.2. The fraction of sp³-hybridized carbons (Fsp3) is 0.167. The van der Waals surface area contributed by atoms with Crippen LogP contribution in [0.3, 0.4) is 0 Å². The molecule has 0 aromatic heterocycles. The van der Waals surface area contributed by atoms with Gasteiger partial charge in [0.1, 0.15) is 6.04 Å². The number of thioether (sulfide) groups is 1. The molecule has 0 bridgehead atoms. The normalized spacial score (nSPS) is 11.2. The highest BCUT2D eigenvalue weighted by molar-refractivity contribution is 8.13. The number of carboxylic acid groups (broad SMARTS) is 1. The molecule has 2 aromatic carbocycles. The Bertz CT molecular complexity index is 741. The molecule has 0 heterocycles. The second-order valence-corrected chi connectivity index (χ2v) is 6.34. The first-order valence-corrected chi connectivity index (χ1v) is 8.87. The number of hydrogen-bond acceptors (Lipinski definition) is 4. The molecule has 0 saturated heterocycles. The highest BCUT2D eigenvalue weighted by Crippen LogP contribution is 2.13. The SMILES string of the molecule is O=C(Nc1ccccc1)N[C@@H](CCSC(=O)Nc1ccccc1)C(=O)O. The average molecular weight is 373 g/mol. The van der Waals surface area contributed by atoms with Crippen LogP contribution in [0.5, 0.6) is 0 Å². The predicted molar refractivity (Wildman–Crippen MR) is 103 cm³/mol. The molecule has 0 fully saturated rings. The van der Waals surface area contributed by atoms with Crippen LogP contribution in [0.15, 0.2) is 60.7 Å². The molecular formula is C18H19N3O4S. The molecule has 4 N–H and O–H groups in total. The van der Waals surface area contributed by atoms with E-state index in [9.17, 15) is 19.5 Å². The number of aliphatic carboxylic acids is 1. The summed E-state index contributed by atoms with van der Waals surface area (Å²) in [6.07, 6.45) is 0.115. The standard InChI is InChI=1S/C18H19N3O4S/c22-16(23)15(21-17(24)19-13-7-3-1-4-8-13)11-12-26-18(25)20-14-9-5-2-6-10-14/h1-10,15H,11-12H2,(H,20,25)(H,22,23)(H2,19,21,24)/t15-/m0/s1. The van der Waals surface area contributed by atoms with Crippen LogP contribution in [0.1, 0.15) is 6.42 Å². The lowest BCUT2D eigenvalue weighted by Crippen LogP contribution is -2.43. The van der Waals surface area contributed by atoms with E-state index in [0.717, 1.165) is 11.8 Å². The van der Waals surface area contributed by atoms with E-state index in [0.29, 0.717) is 11.4 Å². The van der Waals surface area contributed by atoms with Crippen molar-refractivity contribution in [2.45, 2.75) is 12.5 Å². The van der Waals surface area contributed by atoms with Gasteiger partial charge in [0.25, 0.3) is 5.24 Å². The van der Waals surface area contributed by atoms with Gasteiger partial charge in [-0.3, -0.25) is 4.79 Å². The molecule has 0 aliphatic carbocycles. The molecule has 2 rings (SSSR count). The van der Waals surface area contributed by atoms with E-state index >= 15 is 0 Å². The van der Waals surface area contributed by atoms with Gasteiger partial charge in [-0.2, -0.15) is 0 Å². The first-order chi connectivity index (χ1) is 12.5. The summed E-state index contributed by atoms with van der Waals surface area (Å²) in [5.74, 6) is -0.904. The number of anilines is 2. The Hall–Kier alpha value is -3.00. The first kappa shape index (κ1) is 19.3. The van der Waals surface area contributed by atoms with Crippen LogP contribution >= 0.6 is 11.8 Å². The zero-order valence-corrected chi connectivity index (χ0v) is 14.7. The fourth-order valence-electron chi connectivity index (χ4n) is 2.05. The number of carboxylic acids is 1. The molecule has 0 saturated carbocycles. The number of para-hydroxylation sites is 2. The quantitative estimate of drug-likeness (QED) is 0.593. The predicted octanol–water partition coefficient (Wildman–Crippen LogP) is 3.62. The molecular weight excluding hydrogens is 354 g/mol. The Morgan fingerprint density at radius 1 is 0.885 bits per heavy atom. The molecule has 0 unspecified atom stereocenters. The molecule has 0 aliphatic rings. The topological polar surface area (TPSA) is 108 Å². The minimum absolute atomic E-state index is 0.115. The molecule has 3 amide bonds. The van der Waals surface area contributed by atoms with Crippen LogP contribution in [0.25, 0.3) is 0 Å². The highest BCUT2D eigenvalue weighted by Gasteiger charge is 2.20. The average Bonchev–Trinajstić information content (AvgIpc) is 2.62. The molecule has 1 atom stereocenters. The van der Waals surface area contributed by atoms with Gasteiger partial charge in [0.15, 0.2) is 0 Å². The maximum Gasteiger partial charge on any atom is 0.326 e. The van der Waals surface area contributed by atoms with Crippen molar-refractivity contribution in [1.29, 1.82) is 0 Å². The van der Waals surface area contributed by atoms with E-state index in [1.807, 2.05) is 6.07 Å². The number of nitrogens with one attached hydrogen (secondary N) is 3. The van der Waals surface area contributed by atoms with Gasteiger partial charge in [0.2, 0.25) is 0 Å². The number of carbonyl (C=O) groups is 3. The van der Waals surface area contributed by atoms with E-state index in [1.165, 1.54) is 0 Å². The molecule has 0 radical (unpaired) electrons. The van der Waals surface area contributed by atoms with E-state index in [2.05, 4.69) is 16.0 Å². The summed E-state index contributed by atoms with van der Waals surface area (Å²) in [4.78, 5) is 35.0. The van der Waals surface area contributed by atoms with Gasteiger partial charge in [-0.1, -0.05) is 48.2 Å². The number of urea groups is 1. The van der Waals surface area contributed by atoms with Crippen LogP contribution < -0.4 is 16.0 Å². The Morgan fingerprint density at radius 2 is 1.42 bits per heavy atom. The zero-order valence-electron chi connectivity index (χ0n) is 13.8. The third-order valence-electron chi connectivity index (χ3n) is 3.29. The lowest BCUT2D eigenvalue weighted by atomic mass is 10.2. The smallest absolute Gasteiger partial charge is 0.326 e. The van der Waals surface area contributed by atoms with Crippen LogP contribution in [0.2, 0.25) is 0 Å². The van der Waals surface area contributed by atoms with Crippen LogP contribution in [0.4, 0.5) is 21.0 Å². The Morgan fingerprint density at radius 3 is 1.96 bits per heavy atom. The third kappa shape index (κ3) is 6.86. The van der Waals surface area contributed by atoms with Crippen molar-refractivity contribution >= 4 is 40.4 Å². The Labute approximate surface area is 155 Å². The summed E-state index contributed by atoms with van der Waals surface area (Å²) in [6.45, 7) is 0. The second kappa shape index (κ2) is 10.1. The molecule has 136 valence electrons. The van der Waals surface area contributed by atoms with E-state index < -0.39 is 18.0 Å². The van der Waals surface area contributed by atoms with Gasteiger partial charge in [0, 0.05) is 17.1 Å². The maximum atomic E-state index is 11.9. The van der Waals surface area contributed by atoms with Gasteiger partial charge in [-0.25, -0.2) is 9.59 Å². The monoisotopic (exact) mass is 373 g/mol. The summed E-state index contributed by atoms with van der Waals surface area (Å²) in [7, 11) is 0. The van der Waals surface area contributed by atoms with Gasteiger partial charge in [-0.15, -0.1) is 0 Å². The molecule has 8 heteroatoms. The largest absolute Gasteiger partial charge is 0.480 e. The maximum absolute atomic E-state index is 11.9. The number of amides is 3. The lowest BCUT2D eigenvalue weighted by molar-refractivity contribution is -0.139. The summed E-state index contributed by atoms with van der Waals surface area (Å²) in [6, 6.07) is 16.0. The molecule has 0 spiro atoms. The summed E-state index contributed by atoms with van der Waals surface area (Å²) in [5, 5.41) is 16.6. The van der Waals surface area contributed by atoms with Crippen LogP contribution in [0, 0.1) is 0 Å². The number of carbonyl (C=O) groups excluding carboxylic acids is 2. The molecule has 7 nitrogen and oxygen atoms in total. The van der Waals surface area contributed by atoms with Gasteiger partial charge in [0.05, 0.1) is 0 Å². The minimum atomic E-state index is -1.16. The minimum Gasteiger partial charge on any atom is -0.480 e. The third-order valence-corrected chi connectivity index (χ3v) is 4.10. The zero-order chi connectivity index (χ0) is 18.8. The van der Waals surface area contributed by atoms with Crippen molar-refractivity contribution in [3.8, 4) is 0 Å². The molecule has 26 heavy (non-hydrogen) atoms. The summed E-state index contributed by atoms with van der Waals surface area (Å²) >= 11 is 0.963. The van der Waals surface area contributed by atoms with Gasteiger partial charge < -0.3 is 21.1 Å². The van der Waals surface area contributed by atoms with Gasteiger partial charge >= 0.3 is 12.0 Å². The Kier molecular flexibility index (Phi) is 7.50. The van der Waals surface area contributed by atoms with E-state index in [-0.39, 0.29) is 17.4 Å². The Balaban J connectivity index is 1.76. The number of rotatable bonds is 7. The molecule has 2 aromatic rings. The van der Waals surface area contributed by atoms with E-state index in [1.54, 1.807) is 54.6 Å². The van der Waals surface area contributed by atoms with Crippen molar-refractivity contribution in [1.82, 2.24) is 5.32 Å². The van der Waals surface area contributed by atoms with Gasteiger partial charge in [-0.05, 0) is 30.7 Å². The van der Waals surface area contributed by atoms with Crippen LogP contribution in [-0.2, 0) is 4.79 Å². The van der Waals surface area contributed by atoms with Crippen molar-refractivity contribution in [3.63, 3.8) is 0 Å². The van der Waals surface area contributed by atoms with Crippen molar-refractivity contribution < 1.29 is 19.5 Å². The molecule has 0 aliphatic heterocycles. The second-order valence-electron chi connectivity index (χ2n) is 5.27. The summed E-state index contributed by atoms with van der Waals surface area (Å²) in [5.41, 5.74) is 1.23. The van der Waals surface area contributed by atoms with Crippen molar-refractivity contribution in [2.75, 3.05) is 16.4 Å². The lowest BCUT2D eigenvalue weighted by Gasteiger charge is -2.15. The summed E-state index contributed by atoms with van der Waals surface area (Å²) < 4.78 is 0. The van der Waals surface area contributed by atoms with E-state index in [4.69, 9.17) is 0 Å². The van der Waals surface area contributed by atoms with Crippen molar-refractivity contribution in [3.05, 3.63) is 60.7 Å². The number of benzene rings is 2. The van der Waals surface area contributed by atoms with Crippen LogP contribution in [-0.4, -0.2) is 34.1 Å².